The minimum atomic E-state index is -4.93. The van der Waals surface area contributed by atoms with Crippen molar-refractivity contribution in [2.75, 3.05) is 0 Å². The normalized spacial score (nSPS) is 12.4. The first-order valence-corrected chi connectivity index (χ1v) is 4.40. The largest absolute Gasteiger partial charge is 0.407 e. The number of nitrogens with zero attached hydrogens (tertiary/aromatic N) is 2. The van der Waals surface area contributed by atoms with E-state index in [4.69, 9.17) is 5.73 Å². The molecule has 11 heteroatoms. The molecule has 0 bridgehead atoms. The van der Waals surface area contributed by atoms with Gasteiger partial charge in [-0.15, -0.1) is 12.4 Å². The lowest BCUT2D eigenvalue weighted by Gasteiger charge is -2.15. The number of halogens is 4. The molecule has 0 amide bonds. The van der Waals surface area contributed by atoms with Crippen LogP contribution in [0.5, 0.6) is 0 Å². The highest BCUT2D eigenvalue weighted by molar-refractivity contribution is 5.85. The fraction of sp³-hybridized carbons (Fsp3) is 0.250. The summed E-state index contributed by atoms with van der Waals surface area (Å²) in [7, 11) is 0. The van der Waals surface area contributed by atoms with E-state index >= 15 is 0 Å². The zero-order valence-corrected chi connectivity index (χ0v) is 9.77. The zero-order valence-electron chi connectivity index (χ0n) is 8.96. The predicted molar refractivity (Wildman–Crippen MR) is 60.0 cm³/mol. The lowest BCUT2D eigenvalue weighted by Crippen LogP contribution is -2.29. The Morgan fingerprint density at radius 2 is 1.68 bits per heavy atom. The number of rotatable bonds is 3. The van der Waals surface area contributed by atoms with Gasteiger partial charge in [0.2, 0.25) is 0 Å². The molecule has 0 saturated heterocycles. The fourth-order valence-electron chi connectivity index (χ4n) is 1.32. The Bertz CT molecular complexity index is 509. The van der Waals surface area contributed by atoms with Crippen LogP contribution in [0.25, 0.3) is 0 Å². The first kappa shape index (κ1) is 17.1. The average molecular weight is 302 g/mol. The molecule has 0 aromatic heterocycles. The zero-order chi connectivity index (χ0) is 14.1. The Balaban J connectivity index is 0.00000324. The first-order chi connectivity index (χ1) is 8.16. The molecule has 1 atom stereocenters. The number of hydrogen-bond acceptors (Lipinski definition) is 5. The smallest absolute Gasteiger partial charge is 0.316 e. The molecule has 19 heavy (non-hydrogen) atoms. The Hall–Kier alpha value is -1.94. The van der Waals surface area contributed by atoms with Crippen LogP contribution in [-0.4, -0.2) is 16.0 Å². The molecule has 0 aliphatic heterocycles. The number of nitro groups is 2. The van der Waals surface area contributed by atoms with Crippen molar-refractivity contribution in [2.45, 2.75) is 12.2 Å². The number of alkyl halides is 3. The molecule has 1 aromatic rings. The van der Waals surface area contributed by atoms with E-state index in [1.54, 1.807) is 0 Å². The van der Waals surface area contributed by atoms with Crippen molar-refractivity contribution in [3.05, 3.63) is 44.0 Å². The SMILES string of the molecule is Cl.N[C@@H](c1cccc([N+](=O)[O-])c1[N+](=O)[O-])C(F)(F)F. The van der Waals surface area contributed by atoms with Gasteiger partial charge in [0.1, 0.15) is 6.04 Å². The van der Waals surface area contributed by atoms with Crippen LogP contribution in [-0.2, 0) is 0 Å². The van der Waals surface area contributed by atoms with E-state index < -0.39 is 39.0 Å². The van der Waals surface area contributed by atoms with Gasteiger partial charge in [-0.2, -0.15) is 13.2 Å². The number of benzene rings is 1. The topological polar surface area (TPSA) is 112 Å². The first-order valence-electron chi connectivity index (χ1n) is 4.40. The van der Waals surface area contributed by atoms with Crippen LogP contribution in [0.2, 0.25) is 0 Å². The molecule has 0 heterocycles. The second-order valence-electron chi connectivity index (χ2n) is 3.25. The van der Waals surface area contributed by atoms with E-state index in [-0.39, 0.29) is 12.4 Å². The van der Waals surface area contributed by atoms with E-state index in [1.807, 2.05) is 0 Å². The standard InChI is InChI=1S/C8H6F3N3O4.ClH/c9-8(10,11)7(12)4-2-1-3-5(13(15)16)6(4)14(17)18;/h1-3,7H,12H2;1H/t7-;/m0./s1. The summed E-state index contributed by atoms with van der Waals surface area (Å²) in [4.78, 5) is 18.8. The molecule has 0 unspecified atom stereocenters. The molecule has 0 aliphatic rings. The summed E-state index contributed by atoms with van der Waals surface area (Å²) in [6.07, 6.45) is -4.93. The van der Waals surface area contributed by atoms with E-state index in [2.05, 4.69) is 0 Å². The molecule has 0 saturated carbocycles. The van der Waals surface area contributed by atoms with Gasteiger partial charge >= 0.3 is 17.6 Å². The van der Waals surface area contributed by atoms with Crippen molar-refractivity contribution in [1.29, 1.82) is 0 Å². The van der Waals surface area contributed by atoms with Gasteiger partial charge in [-0.25, -0.2) is 0 Å². The summed E-state index contributed by atoms with van der Waals surface area (Å²) < 4.78 is 37.2. The van der Waals surface area contributed by atoms with Crippen molar-refractivity contribution in [3.63, 3.8) is 0 Å². The second-order valence-corrected chi connectivity index (χ2v) is 3.25. The molecule has 7 nitrogen and oxygen atoms in total. The Morgan fingerprint density at radius 1 is 1.16 bits per heavy atom. The molecule has 1 aromatic carbocycles. The average Bonchev–Trinajstić information content (AvgIpc) is 2.25. The van der Waals surface area contributed by atoms with Crippen LogP contribution in [0.1, 0.15) is 11.6 Å². The minimum Gasteiger partial charge on any atom is -0.316 e. The molecule has 0 aliphatic carbocycles. The van der Waals surface area contributed by atoms with Crippen LogP contribution in [0.4, 0.5) is 24.5 Å². The minimum absolute atomic E-state index is 0. The van der Waals surface area contributed by atoms with Gasteiger partial charge in [0.05, 0.1) is 15.4 Å². The summed E-state index contributed by atoms with van der Waals surface area (Å²) >= 11 is 0. The van der Waals surface area contributed by atoms with Gasteiger partial charge in [-0.1, -0.05) is 6.07 Å². The van der Waals surface area contributed by atoms with Crippen molar-refractivity contribution in [1.82, 2.24) is 0 Å². The molecule has 0 radical (unpaired) electrons. The highest BCUT2D eigenvalue weighted by Gasteiger charge is 2.43. The fourth-order valence-corrected chi connectivity index (χ4v) is 1.32. The molecule has 2 N–H and O–H groups in total. The molecule has 106 valence electrons. The highest BCUT2D eigenvalue weighted by atomic mass is 35.5. The number of nitro benzene ring substituents is 2. The van der Waals surface area contributed by atoms with Crippen molar-refractivity contribution in [3.8, 4) is 0 Å². The Morgan fingerprint density at radius 3 is 2.05 bits per heavy atom. The summed E-state index contributed by atoms with van der Waals surface area (Å²) in [5, 5.41) is 21.2. The summed E-state index contributed by atoms with van der Waals surface area (Å²) in [6.45, 7) is 0. The van der Waals surface area contributed by atoms with Gasteiger partial charge in [0.25, 0.3) is 0 Å². The summed E-state index contributed by atoms with van der Waals surface area (Å²) in [6, 6.07) is -0.266. The third-order valence-corrected chi connectivity index (χ3v) is 2.11. The quantitative estimate of drug-likeness (QED) is 0.680. The van der Waals surface area contributed by atoms with Crippen LogP contribution >= 0.6 is 12.4 Å². The molecular formula is C8H7ClF3N3O4. The van der Waals surface area contributed by atoms with Crippen molar-refractivity contribution >= 4 is 23.8 Å². The van der Waals surface area contributed by atoms with Gasteiger partial charge in [0, 0.05) is 6.07 Å². The number of nitrogens with two attached hydrogens (primary N) is 1. The van der Waals surface area contributed by atoms with Crippen LogP contribution in [0.3, 0.4) is 0 Å². The Kier molecular flexibility index (Phi) is 5.21. The summed E-state index contributed by atoms with van der Waals surface area (Å²) in [5.74, 6) is 0. The maximum absolute atomic E-state index is 12.4. The lowest BCUT2D eigenvalue weighted by atomic mass is 10.0. The van der Waals surface area contributed by atoms with E-state index in [0.717, 1.165) is 18.2 Å². The third-order valence-electron chi connectivity index (χ3n) is 2.11. The summed E-state index contributed by atoms with van der Waals surface area (Å²) in [5.41, 5.74) is 1.61. The predicted octanol–water partition coefficient (Wildman–Crippen LogP) is 2.49. The van der Waals surface area contributed by atoms with Crippen molar-refractivity contribution in [2.24, 2.45) is 5.73 Å². The van der Waals surface area contributed by atoms with Gasteiger partial charge in [0.15, 0.2) is 0 Å². The number of para-hydroxylation sites is 1. The second kappa shape index (κ2) is 5.80. The monoisotopic (exact) mass is 301 g/mol. The third kappa shape index (κ3) is 3.51. The van der Waals surface area contributed by atoms with Gasteiger partial charge in [-0.05, 0) is 6.07 Å². The van der Waals surface area contributed by atoms with E-state index in [0.29, 0.717) is 0 Å². The van der Waals surface area contributed by atoms with E-state index in [9.17, 15) is 33.4 Å². The lowest BCUT2D eigenvalue weighted by molar-refractivity contribution is -0.423. The maximum Gasteiger partial charge on any atom is 0.407 e. The van der Waals surface area contributed by atoms with Gasteiger partial charge < -0.3 is 5.73 Å². The Labute approximate surface area is 109 Å². The van der Waals surface area contributed by atoms with Crippen molar-refractivity contribution < 1.29 is 23.0 Å². The highest BCUT2D eigenvalue weighted by Crippen LogP contribution is 2.39. The molecule has 0 spiro atoms. The molecule has 1 rings (SSSR count). The van der Waals surface area contributed by atoms with Crippen LogP contribution in [0, 0.1) is 20.2 Å². The van der Waals surface area contributed by atoms with Crippen LogP contribution in [0.15, 0.2) is 18.2 Å². The van der Waals surface area contributed by atoms with E-state index in [1.165, 1.54) is 0 Å². The van der Waals surface area contributed by atoms with Crippen LogP contribution < -0.4 is 5.73 Å². The molecular weight excluding hydrogens is 295 g/mol. The van der Waals surface area contributed by atoms with Gasteiger partial charge in [-0.3, -0.25) is 20.2 Å². The maximum atomic E-state index is 12.4. The molecule has 0 fully saturated rings. The number of hydrogen-bond donors (Lipinski definition) is 1.